The lowest BCUT2D eigenvalue weighted by molar-refractivity contribution is 0.619. The molecule has 0 aliphatic heterocycles. The fourth-order valence-electron chi connectivity index (χ4n) is 2.46. The number of para-hydroxylation sites is 1. The molecule has 2 nitrogen and oxygen atoms in total. The van der Waals surface area contributed by atoms with E-state index in [1.807, 2.05) is 24.8 Å². The van der Waals surface area contributed by atoms with Gasteiger partial charge in [-0.1, -0.05) is 12.1 Å². The predicted octanol–water partition coefficient (Wildman–Crippen LogP) is 4.01. The molecule has 0 heterocycles. The quantitative estimate of drug-likeness (QED) is 0.901. The lowest BCUT2D eigenvalue weighted by Crippen LogP contribution is -2.23. The molecule has 2 N–H and O–H groups in total. The first-order valence-electron chi connectivity index (χ1n) is 7.09. The number of benzene rings is 2. The standard InChI is InChI=1S/C17H20F2N2/c1-3-21(15-9-7-14(18)8-10-15)17-13(11-12(2)20)5-4-6-16(17)19/h4-10,12H,3,11,20H2,1-2H3. The first-order valence-corrected chi connectivity index (χ1v) is 7.09. The minimum Gasteiger partial charge on any atom is -0.339 e. The minimum atomic E-state index is -0.306. The third-order valence-electron chi connectivity index (χ3n) is 3.34. The molecule has 21 heavy (non-hydrogen) atoms. The van der Waals surface area contributed by atoms with Gasteiger partial charge in [-0.05, 0) is 56.2 Å². The zero-order valence-electron chi connectivity index (χ0n) is 12.3. The molecule has 0 aliphatic rings. The van der Waals surface area contributed by atoms with E-state index in [9.17, 15) is 8.78 Å². The smallest absolute Gasteiger partial charge is 0.147 e. The number of anilines is 2. The Balaban J connectivity index is 2.48. The second-order valence-electron chi connectivity index (χ2n) is 5.15. The summed E-state index contributed by atoms with van der Waals surface area (Å²) >= 11 is 0. The van der Waals surface area contributed by atoms with Crippen LogP contribution in [0.3, 0.4) is 0 Å². The van der Waals surface area contributed by atoms with Crippen molar-refractivity contribution in [1.82, 2.24) is 0 Å². The number of hydrogen-bond donors (Lipinski definition) is 1. The van der Waals surface area contributed by atoms with Crippen molar-refractivity contribution in [2.75, 3.05) is 11.4 Å². The van der Waals surface area contributed by atoms with Gasteiger partial charge in [-0.3, -0.25) is 0 Å². The summed E-state index contributed by atoms with van der Waals surface area (Å²) in [5.74, 6) is -0.599. The Hall–Kier alpha value is -1.94. The predicted molar refractivity (Wildman–Crippen MR) is 82.8 cm³/mol. The van der Waals surface area contributed by atoms with Crippen LogP contribution in [-0.2, 0) is 6.42 Å². The van der Waals surface area contributed by atoms with Crippen molar-refractivity contribution in [2.45, 2.75) is 26.3 Å². The molecule has 2 aromatic carbocycles. The van der Waals surface area contributed by atoms with Crippen molar-refractivity contribution >= 4 is 11.4 Å². The summed E-state index contributed by atoms with van der Waals surface area (Å²) in [6.45, 7) is 4.41. The molecule has 2 aromatic rings. The molecule has 0 saturated heterocycles. The first-order chi connectivity index (χ1) is 10.0. The van der Waals surface area contributed by atoms with Crippen LogP contribution < -0.4 is 10.6 Å². The molecule has 0 radical (unpaired) electrons. The molecule has 2 rings (SSSR count). The van der Waals surface area contributed by atoms with Crippen LogP contribution >= 0.6 is 0 Å². The van der Waals surface area contributed by atoms with Crippen molar-refractivity contribution in [3.63, 3.8) is 0 Å². The maximum Gasteiger partial charge on any atom is 0.147 e. The molecule has 1 unspecified atom stereocenters. The van der Waals surface area contributed by atoms with E-state index < -0.39 is 0 Å². The van der Waals surface area contributed by atoms with Gasteiger partial charge in [0.1, 0.15) is 11.6 Å². The second-order valence-corrected chi connectivity index (χ2v) is 5.15. The van der Waals surface area contributed by atoms with E-state index in [1.54, 1.807) is 18.2 Å². The zero-order chi connectivity index (χ0) is 15.4. The summed E-state index contributed by atoms with van der Waals surface area (Å²) in [6.07, 6.45) is 0.588. The Morgan fingerprint density at radius 1 is 1.10 bits per heavy atom. The molecule has 0 aliphatic carbocycles. The fourth-order valence-corrected chi connectivity index (χ4v) is 2.46. The third kappa shape index (κ3) is 3.58. The van der Waals surface area contributed by atoms with Crippen molar-refractivity contribution in [3.05, 3.63) is 59.7 Å². The van der Waals surface area contributed by atoms with Crippen molar-refractivity contribution in [2.24, 2.45) is 5.73 Å². The molecule has 0 amide bonds. The maximum atomic E-state index is 14.3. The Morgan fingerprint density at radius 3 is 2.33 bits per heavy atom. The molecule has 0 fully saturated rings. The van der Waals surface area contributed by atoms with E-state index >= 15 is 0 Å². The summed E-state index contributed by atoms with van der Waals surface area (Å²) in [7, 11) is 0. The van der Waals surface area contributed by atoms with Gasteiger partial charge in [-0.2, -0.15) is 0 Å². The molecule has 4 heteroatoms. The highest BCUT2D eigenvalue weighted by molar-refractivity contribution is 5.67. The molecular formula is C17H20F2N2. The van der Waals surface area contributed by atoms with Gasteiger partial charge in [0.15, 0.2) is 0 Å². The van der Waals surface area contributed by atoms with E-state index in [4.69, 9.17) is 5.73 Å². The van der Waals surface area contributed by atoms with E-state index in [0.29, 0.717) is 18.7 Å². The Morgan fingerprint density at radius 2 is 1.76 bits per heavy atom. The van der Waals surface area contributed by atoms with Crippen molar-refractivity contribution < 1.29 is 8.78 Å². The van der Waals surface area contributed by atoms with Crippen molar-refractivity contribution in [1.29, 1.82) is 0 Å². The molecule has 0 bridgehead atoms. The number of nitrogens with zero attached hydrogens (tertiary/aromatic N) is 1. The van der Waals surface area contributed by atoms with Crippen LogP contribution in [0, 0.1) is 11.6 Å². The van der Waals surface area contributed by atoms with Crippen LogP contribution in [0.15, 0.2) is 42.5 Å². The molecule has 0 saturated carbocycles. The summed E-state index contributed by atoms with van der Waals surface area (Å²) in [5.41, 5.74) is 7.99. The van der Waals surface area contributed by atoms with Gasteiger partial charge in [-0.15, -0.1) is 0 Å². The Labute approximate surface area is 124 Å². The Bertz CT molecular complexity index is 594. The van der Waals surface area contributed by atoms with Crippen LogP contribution in [0.25, 0.3) is 0 Å². The molecular weight excluding hydrogens is 270 g/mol. The summed E-state index contributed by atoms with van der Waals surface area (Å²) < 4.78 is 27.4. The van der Waals surface area contributed by atoms with Crippen LogP contribution in [0.5, 0.6) is 0 Å². The average molecular weight is 290 g/mol. The second kappa shape index (κ2) is 6.68. The lowest BCUT2D eigenvalue weighted by atomic mass is 10.0. The number of rotatable bonds is 5. The Kier molecular flexibility index (Phi) is 4.91. The van der Waals surface area contributed by atoms with Gasteiger partial charge >= 0.3 is 0 Å². The van der Waals surface area contributed by atoms with Gasteiger partial charge in [0.2, 0.25) is 0 Å². The molecule has 0 spiro atoms. The van der Waals surface area contributed by atoms with E-state index in [-0.39, 0.29) is 17.7 Å². The number of nitrogens with two attached hydrogens (primary N) is 1. The minimum absolute atomic E-state index is 0.0579. The van der Waals surface area contributed by atoms with Crippen LogP contribution in [-0.4, -0.2) is 12.6 Å². The van der Waals surface area contributed by atoms with Gasteiger partial charge in [-0.25, -0.2) is 8.78 Å². The molecule has 1 atom stereocenters. The lowest BCUT2D eigenvalue weighted by Gasteiger charge is -2.27. The highest BCUT2D eigenvalue weighted by Gasteiger charge is 2.17. The van der Waals surface area contributed by atoms with Crippen molar-refractivity contribution in [3.8, 4) is 0 Å². The fraction of sp³-hybridized carbons (Fsp3) is 0.294. The zero-order valence-corrected chi connectivity index (χ0v) is 12.3. The number of halogens is 2. The van der Waals surface area contributed by atoms with E-state index in [0.717, 1.165) is 11.3 Å². The summed E-state index contributed by atoms with van der Waals surface area (Å²) in [4.78, 5) is 1.84. The largest absolute Gasteiger partial charge is 0.339 e. The number of hydrogen-bond acceptors (Lipinski definition) is 2. The average Bonchev–Trinajstić information content (AvgIpc) is 2.43. The third-order valence-corrected chi connectivity index (χ3v) is 3.34. The van der Waals surface area contributed by atoms with E-state index in [2.05, 4.69) is 0 Å². The van der Waals surface area contributed by atoms with Gasteiger partial charge in [0.05, 0.1) is 5.69 Å². The van der Waals surface area contributed by atoms with Crippen LogP contribution in [0.4, 0.5) is 20.2 Å². The SMILES string of the molecule is CCN(c1ccc(F)cc1)c1c(F)cccc1CC(C)N. The monoisotopic (exact) mass is 290 g/mol. The molecule has 112 valence electrons. The van der Waals surface area contributed by atoms with Crippen LogP contribution in [0.1, 0.15) is 19.4 Å². The highest BCUT2D eigenvalue weighted by Crippen LogP contribution is 2.31. The maximum absolute atomic E-state index is 14.3. The van der Waals surface area contributed by atoms with Gasteiger partial charge in [0, 0.05) is 18.3 Å². The summed E-state index contributed by atoms with van der Waals surface area (Å²) in [6, 6.07) is 11.0. The topological polar surface area (TPSA) is 29.3 Å². The van der Waals surface area contributed by atoms with Gasteiger partial charge in [0.25, 0.3) is 0 Å². The normalized spacial score (nSPS) is 12.2. The molecule has 0 aromatic heterocycles. The van der Waals surface area contributed by atoms with E-state index in [1.165, 1.54) is 18.2 Å². The summed E-state index contributed by atoms with van der Waals surface area (Å²) in [5, 5.41) is 0. The van der Waals surface area contributed by atoms with Gasteiger partial charge < -0.3 is 10.6 Å². The first kappa shape index (κ1) is 15.4. The van der Waals surface area contributed by atoms with Crippen LogP contribution in [0.2, 0.25) is 0 Å². The highest BCUT2D eigenvalue weighted by atomic mass is 19.1.